The summed E-state index contributed by atoms with van der Waals surface area (Å²) in [4.78, 5) is 0. The van der Waals surface area contributed by atoms with Gasteiger partial charge in [0.25, 0.3) is 0 Å². The van der Waals surface area contributed by atoms with E-state index in [0.717, 1.165) is 5.56 Å². The predicted molar refractivity (Wildman–Crippen MR) is 61.3 cm³/mol. The first-order valence-electron chi connectivity index (χ1n) is 4.87. The molecule has 3 heteroatoms. The lowest BCUT2D eigenvalue weighted by atomic mass is 10.2. The Hall–Kier alpha value is -2.16. The maximum absolute atomic E-state index is 12.9. The SMILES string of the molecule is [O-][N+](=Cc1ccccc1)c1cccc(F)c1. The molecule has 16 heavy (non-hydrogen) atoms. The summed E-state index contributed by atoms with van der Waals surface area (Å²) in [7, 11) is 0. The van der Waals surface area contributed by atoms with Crippen molar-refractivity contribution in [2.24, 2.45) is 0 Å². The second-order valence-corrected chi connectivity index (χ2v) is 3.35. The molecule has 0 aliphatic rings. The number of benzene rings is 2. The molecule has 2 nitrogen and oxygen atoms in total. The molecule has 0 spiro atoms. The molecule has 0 aromatic heterocycles. The van der Waals surface area contributed by atoms with Crippen LogP contribution in [0.4, 0.5) is 10.1 Å². The van der Waals surface area contributed by atoms with Crippen molar-refractivity contribution in [2.75, 3.05) is 0 Å². The van der Waals surface area contributed by atoms with Crippen LogP contribution in [0.1, 0.15) is 5.56 Å². The third-order valence-corrected chi connectivity index (χ3v) is 2.13. The van der Waals surface area contributed by atoms with E-state index in [1.54, 1.807) is 6.07 Å². The quantitative estimate of drug-likeness (QED) is 0.327. The van der Waals surface area contributed by atoms with Gasteiger partial charge in [-0.3, -0.25) is 0 Å². The summed E-state index contributed by atoms with van der Waals surface area (Å²) in [6.45, 7) is 0. The van der Waals surface area contributed by atoms with Gasteiger partial charge in [-0.15, -0.1) is 0 Å². The minimum atomic E-state index is -0.417. The van der Waals surface area contributed by atoms with Gasteiger partial charge in [0.1, 0.15) is 5.82 Å². The van der Waals surface area contributed by atoms with Crippen molar-refractivity contribution in [1.29, 1.82) is 0 Å². The van der Waals surface area contributed by atoms with Crippen molar-refractivity contribution in [3.8, 4) is 0 Å². The first-order chi connectivity index (χ1) is 7.75. The summed E-state index contributed by atoms with van der Waals surface area (Å²) >= 11 is 0. The summed E-state index contributed by atoms with van der Waals surface area (Å²) in [5, 5.41) is 11.7. The maximum Gasteiger partial charge on any atom is 0.219 e. The van der Waals surface area contributed by atoms with Crippen molar-refractivity contribution >= 4 is 11.9 Å². The Morgan fingerprint density at radius 1 is 1.00 bits per heavy atom. The van der Waals surface area contributed by atoms with Crippen molar-refractivity contribution in [3.63, 3.8) is 0 Å². The Labute approximate surface area is 92.9 Å². The number of hydrogen-bond acceptors (Lipinski definition) is 1. The van der Waals surface area contributed by atoms with E-state index in [2.05, 4.69) is 0 Å². The number of nitrogens with zero attached hydrogens (tertiary/aromatic N) is 1. The fraction of sp³-hybridized carbons (Fsp3) is 0. The highest BCUT2D eigenvalue weighted by molar-refractivity contribution is 5.76. The van der Waals surface area contributed by atoms with Crippen LogP contribution in [0.5, 0.6) is 0 Å². The van der Waals surface area contributed by atoms with Gasteiger partial charge in [0.05, 0.1) is 0 Å². The fourth-order valence-corrected chi connectivity index (χ4v) is 1.36. The number of hydrogen-bond donors (Lipinski definition) is 0. The molecule has 2 aromatic carbocycles. The zero-order valence-electron chi connectivity index (χ0n) is 8.51. The van der Waals surface area contributed by atoms with Gasteiger partial charge in [-0.05, 0) is 18.2 Å². The van der Waals surface area contributed by atoms with Gasteiger partial charge in [0, 0.05) is 17.7 Å². The molecule has 0 N–H and O–H groups in total. The third-order valence-electron chi connectivity index (χ3n) is 2.13. The lowest BCUT2D eigenvalue weighted by molar-refractivity contribution is -0.354. The van der Waals surface area contributed by atoms with Crippen molar-refractivity contribution in [2.45, 2.75) is 0 Å². The fourth-order valence-electron chi connectivity index (χ4n) is 1.36. The van der Waals surface area contributed by atoms with Gasteiger partial charge >= 0.3 is 0 Å². The second-order valence-electron chi connectivity index (χ2n) is 3.35. The summed E-state index contributed by atoms with van der Waals surface area (Å²) in [5.41, 5.74) is 1.06. The van der Waals surface area contributed by atoms with E-state index < -0.39 is 5.82 Å². The summed E-state index contributed by atoms with van der Waals surface area (Å²) < 4.78 is 13.5. The summed E-state index contributed by atoms with van der Waals surface area (Å²) in [5.74, 6) is -0.417. The molecule has 0 unspecified atom stereocenters. The van der Waals surface area contributed by atoms with Crippen LogP contribution in [0.3, 0.4) is 0 Å². The molecule has 0 saturated carbocycles. The molecule has 0 radical (unpaired) electrons. The van der Waals surface area contributed by atoms with Gasteiger partial charge in [0.15, 0.2) is 6.21 Å². The molecule has 2 rings (SSSR count). The van der Waals surface area contributed by atoms with E-state index in [0.29, 0.717) is 4.74 Å². The number of rotatable bonds is 2. The highest BCUT2D eigenvalue weighted by Gasteiger charge is 2.02. The molecule has 2 aromatic rings. The molecule has 80 valence electrons. The van der Waals surface area contributed by atoms with E-state index in [9.17, 15) is 9.60 Å². The Morgan fingerprint density at radius 3 is 2.44 bits per heavy atom. The van der Waals surface area contributed by atoms with Gasteiger partial charge < -0.3 is 5.21 Å². The lowest BCUT2D eigenvalue weighted by Crippen LogP contribution is -1.98. The minimum Gasteiger partial charge on any atom is -0.618 e. The van der Waals surface area contributed by atoms with E-state index in [1.165, 1.54) is 24.4 Å². The monoisotopic (exact) mass is 215 g/mol. The highest BCUT2D eigenvalue weighted by atomic mass is 19.1. The second kappa shape index (κ2) is 4.57. The van der Waals surface area contributed by atoms with Gasteiger partial charge in [-0.1, -0.05) is 24.3 Å². The average Bonchev–Trinajstić information content (AvgIpc) is 2.30. The predicted octanol–water partition coefficient (Wildman–Crippen LogP) is 3.09. The number of halogens is 1. The molecule has 0 heterocycles. The van der Waals surface area contributed by atoms with Crippen LogP contribution >= 0.6 is 0 Å². The molecular weight excluding hydrogens is 205 g/mol. The molecule has 0 saturated heterocycles. The van der Waals surface area contributed by atoms with Gasteiger partial charge in [-0.2, -0.15) is 4.74 Å². The van der Waals surface area contributed by atoms with Crippen LogP contribution in [-0.2, 0) is 0 Å². The Bertz CT molecular complexity index is 508. The molecule has 0 atom stereocenters. The topological polar surface area (TPSA) is 26.1 Å². The van der Waals surface area contributed by atoms with E-state index in [4.69, 9.17) is 0 Å². The van der Waals surface area contributed by atoms with Gasteiger partial charge in [-0.25, -0.2) is 4.39 Å². The first-order valence-corrected chi connectivity index (χ1v) is 4.87. The lowest BCUT2D eigenvalue weighted by Gasteiger charge is -2.02. The Balaban J connectivity index is 2.32. The van der Waals surface area contributed by atoms with Crippen molar-refractivity contribution in [1.82, 2.24) is 0 Å². The Morgan fingerprint density at radius 2 is 1.75 bits per heavy atom. The van der Waals surface area contributed by atoms with Crippen molar-refractivity contribution < 1.29 is 9.13 Å². The molecule has 0 bridgehead atoms. The van der Waals surface area contributed by atoms with Gasteiger partial charge in [0.2, 0.25) is 5.69 Å². The van der Waals surface area contributed by atoms with E-state index in [1.807, 2.05) is 30.3 Å². The van der Waals surface area contributed by atoms with Crippen LogP contribution in [0.25, 0.3) is 0 Å². The molecule has 0 aliphatic carbocycles. The molecular formula is C13H10FNO. The van der Waals surface area contributed by atoms with Crippen molar-refractivity contribution in [3.05, 3.63) is 71.2 Å². The Kier molecular flexibility index (Phi) is 2.96. The van der Waals surface area contributed by atoms with Crippen LogP contribution in [0.15, 0.2) is 54.6 Å². The standard InChI is InChI=1S/C13H10FNO/c14-12-7-4-8-13(9-12)15(16)10-11-5-2-1-3-6-11/h1-10H. The highest BCUT2D eigenvalue weighted by Crippen LogP contribution is 2.12. The zero-order chi connectivity index (χ0) is 11.4. The first kappa shape index (κ1) is 10.4. The van der Waals surface area contributed by atoms with E-state index in [-0.39, 0.29) is 5.69 Å². The third kappa shape index (κ3) is 2.45. The van der Waals surface area contributed by atoms with Crippen LogP contribution in [0, 0.1) is 11.0 Å². The average molecular weight is 215 g/mol. The summed E-state index contributed by atoms with van der Waals surface area (Å²) in [6.07, 6.45) is 1.41. The zero-order valence-corrected chi connectivity index (χ0v) is 8.51. The van der Waals surface area contributed by atoms with Crippen LogP contribution in [0.2, 0.25) is 0 Å². The van der Waals surface area contributed by atoms with Crippen LogP contribution in [-0.4, -0.2) is 11.0 Å². The summed E-state index contributed by atoms with van der Waals surface area (Å²) in [6, 6.07) is 14.7. The largest absolute Gasteiger partial charge is 0.618 e. The normalized spacial score (nSPS) is 11.4. The molecule has 0 fully saturated rings. The van der Waals surface area contributed by atoms with Crippen LogP contribution < -0.4 is 0 Å². The maximum atomic E-state index is 12.9. The minimum absolute atomic E-state index is 0.281. The van der Waals surface area contributed by atoms with E-state index >= 15 is 0 Å². The molecule has 0 aliphatic heterocycles. The molecule has 0 amide bonds. The smallest absolute Gasteiger partial charge is 0.219 e.